The molecule has 2 aromatic carbocycles. The van der Waals surface area contributed by atoms with Gasteiger partial charge in [-0.2, -0.15) is 0 Å². The average Bonchev–Trinajstić information content (AvgIpc) is 2.63. The Kier molecular flexibility index (Phi) is 7.13. The normalized spacial score (nSPS) is 12.9. The molecule has 0 saturated carbocycles. The van der Waals surface area contributed by atoms with Crippen LogP contribution in [0.3, 0.4) is 0 Å². The van der Waals surface area contributed by atoms with E-state index >= 15 is 0 Å². The fourth-order valence-corrected chi connectivity index (χ4v) is 2.47. The number of hydrogen-bond acceptors (Lipinski definition) is 4. The van der Waals surface area contributed by atoms with E-state index in [-0.39, 0.29) is 5.91 Å². The number of hydrogen-bond donors (Lipinski definition) is 3. The van der Waals surface area contributed by atoms with E-state index in [1.54, 1.807) is 0 Å². The number of carbonyl (C=O) groups excluding carboxylic acids is 2. The van der Waals surface area contributed by atoms with Crippen LogP contribution in [-0.4, -0.2) is 31.0 Å². The van der Waals surface area contributed by atoms with Gasteiger partial charge in [-0.15, -0.1) is 0 Å². The summed E-state index contributed by atoms with van der Waals surface area (Å²) in [6, 6.07) is 17.4. The molecule has 0 aliphatic heterocycles. The van der Waals surface area contributed by atoms with Crippen molar-refractivity contribution in [2.24, 2.45) is 5.73 Å². The van der Waals surface area contributed by atoms with Gasteiger partial charge in [0, 0.05) is 6.42 Å². The van der Waals surface area contributed by atoms with Crippen LogP contribution in [0.4, 0.5) is 0 Å². The van der Waals surface area contributed by atoms with Crippen LogP contribution in [0.25, 0.3) is 0 Å². The minimum Gasteiger partial charge on any atom is -0.343 e. The number of benzene rings is 2. The highest BCUT2D eigenvalue weighted by atomic mass is 16.6. The molecular formula is C19H23N3O3. The monoisotopic (exact) mass is 341 g/mol. The Balaban J connectivity index is 2.01. The maximum Gasteiger partial charge on any atom is 0.266 e. The van der Waals surface area contributed by atoms with Gasteiger partial charge in [0.1, 0.15) is 6.04 Å². The van der Waals surface area contributed by atoms with Crippen molar-refractivity contribution in [1.82, 2.24) is 10.8 Å². The van der Waals surface area contributed by atoms with Crippen LogP contribution in [-0.2, 0) is 27.3 Å². The lowest BCUT2D eigenvalue weighted by atomic mass is 10.0. The summed E-state index contributed by atoms with van der Waals surface area (Å²) in [5, 5.41) is 2.71. The number of amides is 2. The van der Waals surface area contributed by atoms with Crippen molar-refractivity contribution >= 4 is 11.8 Å². The van der Waals surface area contributed by atoms with Gasteiger partial charge < -0.3 is 11.1 Å². The quantitative estimate of drug-likeness (QED) is 0.624. The topological polar surface area (TPSA) is 93.5 Å². The van der Waals surface area contributed by atoms with E-state index in [0.717, 1.165) is 11.1 Å². The Labute approximate surface area is 147 Å². The van der Waals surface area contributed by atoms with Gasteiger partial charge >= 0.3 is 0 Å². The molecule has 25 heavy (non-hydrogen) atoms. The van der Waals surface area contributed by atoms with Crippen molar-refractivity contribution < 1.29 is 14.4 Å². The fraction of sp³-hybridized carbons (Fsp3) is 0.263. The number of nitrogens with one attached hydrogen (secondary N) is 2. The van der Waals surface area contributed by atoms with E-state index in [9.17, 15) is 9.59 Å². The molecule has 2 atom stereocenters. The molecule has 0 aromatic heterocycles. The molecule has 0 unspecified atom stereocenters. The molecule has 2 amide bonds. The lowest BCUT2D eigenvalue weighted by Crippen LogP contribution is -2.52. The zero-order valence-corrected chi connectivity index (χ0v) is 14.1. The van der Waals surface area contributed by atoms with Crippen molar-refractivity contribution in [2.45, 2.75) is 24.9 Å². The second-order valence-electron chi connectivity index (χ2n) is 5.72. The van der Waals surface area contributed by atoms with Crippen molar-refractivity contribution in [1.29, 1.82) is 0 Å². The molecule has 132 valence electrons. The van der Waals surface area contributed by atoms with Crippen LogP contribution < -0.4 is 16.5 Å². The minimum atomic E-state index is -0.767. The molecule has 0 spiro atoms. The van der Waals surface area contributed by atoms with Crippen LogP contribution >= 0.6 is 0 Å². The molecule has 0 bridgehead atoms. The second kappa shape index (κ2) is 9.56. The van der Waals surface area contributed by atoms with Gasteiger partial charge in [0.2, 0.25) is 5.91 Å². The molecular weight excluding hydrogens is 318 g/mol. The van der Waals surface area contributed by atoms with Crippen LogP contribution in [0.15, 0.2) is 60.7 Å². The lowest BCUT2D eigenvalue weighted by Gasteiger charge is -2.20. The molecule has 4 N–H and O–H groups in total. The first-order chi connectivity index (χ1) is 12.1. The van der Waals surface area contributed by atoms with E-state index in [0.29, 0.717) is 12.8 Å². The van der Waals surface area contributed by atoms with E-state index in [2.05, 4.69) is 15.6 Å². The molecule has 0 aliphatic rings. The van der Waals surface area contributed by atoms with E-state index in [1.165, 1.54) is 7.11 Å². The van der Waals surface area contributed by atoms with Crippen molar-refractivity contribution in [3.05, 3.63) is 71.8 Å². The third kappa shape index (κ3) is 6.02. The molecule has 6 heteroatoms. The minimum absolute atomic E-state index is 0.347. The van der Waals surface area contributed by atoms with Gasteiger partial charge in [-0.05, 0) is 17.5 Å². The Bertz CT molecular complexity index is 677. The standard InChI is InChI=1S/C19H23N3O3/c1-25-22-19(24)17(13-15-10-6-3-7-11-15)21-18(23)16(20)12-14-8-4-2-5-9-14/h2-11,16-17H,12-13,20H2,1H3,(H,21,23)(H,22,24)/t16-,17-/m0/s1. The van der Waals surface area contributed by atoms with Crippen LogP contribution in [0.2, 0.25) is 0 Å². The molecule has 0 aliphatic carbocycles. The Morgan fingerprint density at radius 3 is 1.96 bits per heavy atom. The highest BCUT2D eigenvalue weighted by Gasteiger charge is 2.24. The highest BCUT2D eigenvalue weighted by molar-refractivity contribution is 5.89. The SMILES string of the molecule is CONC(=O)[C@H](Cc1ccccc1)NC(=O)[C@@H](N)Cc1ccccc1. The third-order valence-electron chi connectivity index (χ3n) is 3.75. The maximum atomic E-state index is 12.4. The summed E-state index contributed by atoms with van der Waals surface area (Å²) in [5.74, 6) is -0.803. The number of hydroxylamine groups is 1. The molecule has 0 heterocycles. The van der Waals surface area contributed by atoms with Crippen LogP contribution in [0.5, 0.6) is 0 Å². The number of nitrogens with two attached hydrogens (primary N) is 1. The van der Waals surface area contributed by atoms with E-state index < -0.39 is 18.0 Å². The molecule has 0 radical (unpaired) electrons. The van der Waals surface area contributed by atoms with E-state index in [4.69, 9.17) is 5.73 Å². The van der Waals surface area contributed by atoms with Crippen molar-refractivity contribution in [2.75, 3.05) is 7.11 Å². The van der Waals surface area contributed by atoms with Crippen LogP contribution in [0, 0.1) is 0 Å². The zero-order chi connectivity index (χ0) is 18.1. The third-order valence-corrected chi connectivity index (χ3v) is 3.75. The van der Waals surface area contributed by atoms with Gasteiger partial charge in [-0.3, -0.25) is 14.4 Å². The summed E-state index contributed by atoms with van der Waals surface area (Å²) < 4.78 is 0. The van der Waals surface area contributed by atoms with Crippen LogP contribution in [0.1, 0.15) is 11.1 Å². The second-order valence-corrected chi connectivity index (χ2v) is 5.72. The van der Waals surface area contributed by atoms with Gasteiger partial charge in [0.15, 0.2) is 0 Å². The number of rotatable bonds is 8. The largest absolute Gasteiger partial charge is 0.343 e. The first-order valence-electron chi connectivity index (χ1n) is 8.06. The summed E-state index contributed by atoms with van der Waals surface area (Å²) >= 11 is 0. The summed E-state index contributed by atoms with van der Waals surface area (Å²) in [4.78, 5) is 29.3. The Morgan fingerprint density at radius 1 is 0.920 bits per heavy atom. The molecule has 2 aromatic rings. The zero-order valence-electron chi connectivity index (χ0n) is 14.1. The summed E-state index contributed by atoms with van der Waals surface area (Å²) in [7, 11) is 1.35. The molecule has 2 rings (SSSR count). The Hall–Kier alpha value is -2.70. The van der Waals surface area contributed by atoms with Crippen molar-refractivity contribution in [3.8, 4) is 0 Å². The van der Waals surface area contributed by atoms with Gasteiger partial charge in [-0.25, -0.2) is 5.48 Å². The lowest BCUT2D eigenvalue weighted by molar-refractivity contribution is -0.136. The Morgan fingerprint density at radius 2 is 1.44 bits per heavy atom. The summed E-state index contributed by atoms with van der Waals surface area (Å²) in [6.45, 7) is 0. The highest BCUT2D eigenvalue weighted by Crippen LogP contribution is 2.06. The summed E-state index contributed by atoms with van der Waals surface area (Å²) in [5.41, 5.74) is 10.1. The van der Waals surface area contributed by atoms with Crippen molar-refractivity contribution in [3.63, 3.8) is 0 Å². The molecule has 6 nitrogen and oxygen atoms in total. The average molecular weight is 341 g/mol. The molecule has 0 fully saturated rings. The maximum absolute atomic E-state index is 12.4. The first-order valence-corrected chi connectivity index (χ1v) is 8.06. The molecule has 0 saturated heterocycles. The number of carbonyl (C=O) groups is 2. The predicted octanol–water partition coefficient (Wildman–Crippen LogP) is 0.961. The smallest absolute Gasteiger partial charge is 0.266 e. The fourth-order valence-electron chi connectivity index (χ4n) is 2.47. The van der Waals surface area contributed by atoms with Gasteiger partial charge in [0.05, 0.1) is 13.2 Å². The predicted molar refractivity (Wildman–Crippen MR) is 95.3 cm³/mol. The van der Waals surface area contributed by atoms with E-state index in [1.807, 2.05) is 60.7 Å². The van der Waals surface area contributed by atoms with Gasteiger partial charge in [-0.1, -0.05) is 60.7 Å². The first kappa shape index (κ1) is 18.6. The van der Waals surface area contributed by atoms with Gasteiger partial charge in [0.25, 0.3) is 5.91 Å². The summed E-state index contributed by atoms with van der Waals surface area (Å²) in [6.07, 6.45) is 0.746.